The fraction of sp³-hybridized carbons (Fsp3) is 0.647. The van der Waals surface area contributed by atoms with Crippen molar-refractivity contribution in [2.24, 2.45) is 0 Å². The highest BCUT2D eigenvalue weighted by Gasteiger charge is 2.27. The molecule has 134 valence electrons. The van der Waals surface area contributed by atoms with E-state index in [4.69, 9.17) is 4.74 Å². The summed E-state index contributed by atoms with van der Waals surface area (Å²) in [6.07, 6.45) is 3.02. The van der Waals surface area contributed by atoms with Crippen LogP contribution in [0.15, 0.2) is 30.3 Å². The van der Waals surface area contributed by atoms with E-state index in [1.165, 1.54) is 0 Å². The molecule has 1 N–H and O–H groups in total. The maximum Gasteiger partial charge on any atom is 0.279 e. The molecule has 0 aromatic heterocycles. The van der Waals surface area contributed by atoms with Gasteiger partial charge in [-0.3, -0.25) is 4.90 Å². The van der Waals surface area contributed by atoms with Gasteiger partial charge in [0, 0.05) is 38.8 Å². The number of ether oxygens (including phenoxy) is 1. The third-order valence-corrected chi connectivity index (χ3v) is 6.36. The van der Waals surface area contributed by atoms with Crippen LogP contribution in [-0.4, -0.2) is 63.6 Å². The van der Waals surface area contributed by atoms with Crippen molar-refractivity contribution < 1.29 is 13.2 Å². The Morgan fingerprint density at radius 3 is 2.33 bits per heavy atom. The lowest BCUT2D eigenvalue weighted by Gasteiger charge is -2.35. The van der Waals surface area contributed by atoms with Gasteiger partial charge in [-0.1, -0.05) is 36.8 Å². The Morgan fingerprint density at radius 1 is 1.00 bits per heavy atom. The lowest BCUT2D eigenvalue weighted by molar-refractivity contribution is 0.0171. The van der Waals surface area contributed by atoms with Gasteiger partial charge in [-0.2, -0.15) is 12.7 Å². The molecule has 0 amide bonds. The second-order valence-electron chi connectivity index (χ2n) is 6.39. The number of rotatable bonds is 6. The van der Waals surface area contributed by atoms with E-state index >= 15 is 0 Å². The normalized spacial score (nSPS) is 22.3. The molecule has 7 heteroatoms. The maximum absolute atomic E-state index is 12.6. The molecule has 2 fully saturated rings. The summed E-state index contributed by atoms with van der Waals surface area (Å²) in [5.41, 5.74) is 1.14. The molecule has 24 heavy (non-hydrogen) atoms. The van der Waals surface area contributed by atoms with E-state index in [0.29, 0.717) is 32.8 Å². The van der Waals surface area contributed by atoms with Crippen LogP contribution in [0.3, 0.4) is 0 Å². The Morgan fingerprint density at radius 2 is 1.67 bits per heavy atom. The molecular weight excluding hydrogens is 326 g/mol. The minimum atomic E-state index is -3.40. The van der Waals surface area contributed by atoms with E-state index in [2.05, 4.69) is 21.8 Å². The molecule has 1 unspecified atom stereocenters. The van der Waals surface area contributed by atoms with E-state index in [1.807, 2.05) is 18.2 Å². The van der Waals surface area contributed by atoms with Crippen molar-refractivity contribution in [1.82, 2.24) is 13.9 Å². The summed E-state index contributed by atoms with van der Waals surface area (Å²) < 4.78 is 35.0. The van der Waals surface area contributed by atoms with Gasteiger partial charge in [0.1, 0.15) is 0 Å². The Bertz CT molecular complexity index is 597. The van der Waals surface area contributed by atoms with Crippen LogP contribution < -0.4 is 4.72 Å². The van der Waals surface area contributed by atoms with Gasteiger partial charge in [0.05, 0.1) is 13.2 Å². The lowest BCUT2D eigenvalue weighted by atomic mass is 10.1. The van der Waals surface area contributed by atoms with Crippen LogP contribution in [0.2, 0.25) is 0 Å². The molecule has 3 rings (SSSR count). The van der Waals surface area contributed by atoms with Gasteiger partial charge in [-0.15, -0.1) is 0 Å². The Kier molecular flexibility index (Phi) is 6.24. The van der Waals surface area contributed by atoms with Crippen LogP contribution in [-0.2, 0) is 14.9 Å². The summed E-state index contributed by atoms with van der Waals surface area (Å²) >= 11 is 0. The number of nitrogens with zero attached hydrogens (tertiary/aromatic N) is 2. The summed E-state index contributed by atoms with van der Waals surface area (Å²) in [6.45, 7) is 4.69. The topological polar surface area (TPSA) is 61.9 Å². The second kappa shape index (κ2) is 8.40. The highest BCUT2D eigenvalue weighted by molar-refractivity contribution is 7.87. The smallest absolute Gasteiger partial charge is 0.279 e. The molecule has 0 radical (unpaired) electrons. The van der Waals surface area contributed by atoms with E-state index < -0.39 is 10.2 Å². The first-order chi connectivity index (χ1) is 11.7. The fourth-order valence-electron chi connectivity index (χ4n) is 3.40. The number of hydrogen-bond acceptors (Lipinski definition) is 4. The summed E-state index contributed by atoms with van der Waals surface area (Å²) in [7, 11) is -3.40. The van der Waals surface area contributed by atoms with Crippen molar-refractivity contribution in [3.8, 4) is 0 Å². The predicted octanol–water partition coefficient (Wildman–Crippen LogP) is 1.38. The van der Waals surface area contributed by atoms with Crippen molar-refractivity contribution in [2.75, 3.05) is 45.9 Å². The zero-order valence-electron chi connectivity index (χ0n) is 14.1. The first-order valence-corrected chi connectivity index (χ1v) is 10.2. The fourth-order valence-corrected chi connectivity index (χ4v) is 4.69. The van der Waals surface area contributed by atoms with E-state index in [1.54, 1.807) is 4.31 Å². The third kappa shape index (κ3) is 4.55. The zero-order chi connectivity index (χ0) is 16.8. The quantitative estimate of drug-likeness (QED) is 0.839. The predicted molar refractivity (Wildman–Crippen MR) is 93.9 cm³/mol. The largest absolute Gasteiger partial charge is 0.379 e. The molecule has 2 aliphatic rings. The Balaban J connectivity index is 1.69. The summed E-state index contributed by atoms with van der Waals surface area (Å²) in [6, 6.07) is 10.2. The van der Waals surface area contributed by atoms with Crippen molar-refractivity contribution in [1.29, 1.82) is 0 Å². The van der Waals surface area contributed by atoms with Gasteiger partial charge in [0.2, 0.25) is 0 Å². The average Bonchev–Trinajstić information content (AvgIpc) is 2.64. The van der Waals surface area contributed by atoms with Gasteiger partial charge in [-0.25, -0.2) is 4.72 Å². The standard InChI is InChI=1S/C17H27N3O3S/c21-24(22,20-9-5-2-6-10-20)18-15-17(16-7-3-1-4-8-16)19-11-13-23-14-12-19/h1,3-4,7-8,17-18H,2,5-6,9-15H2. The first kappa shape index (κ1) is 17.8. The highest BCUT2D eigenvalue weighted by atomic mass is 32.2. The number of hydrogen-bond donors (Lipinski definition) is 1. The minimum absolute atomic E-state index is 0.0367. The van der Waals surface area contributed by atoms with Crippen LogP contribution in [0.4, 0.5) is 0 Å². The summed E-state index contributed by atoms with van der Waals surface area (Å²) in [4.78, 5) is 2.30. The summed E-state index contributed by atoms with van der Waals surface area (Å²) in [5, 5.41) is 0. The van der Waals surface area contributed by atoms with Gasteiger partial charge in [-0.05, 0) is 18.4 Å². The third-order valence-electron chi connectivity index (χ3n) is 4.78. The van der Waals surface area contributed by atoms with Crippen LogP contribution in [0.1, 0.15) is 30.9 Å². The average molecular weight is 353 g/mol. The van der Waals surface area contributed by atoms with Gasteiger partial charge in [0.25, 0.3) is 10.2 Å². The van der Waals surface area contributed by atoms with Crippen LogP contribution >= 0.6 is 0 Å². The molecule has 0 aliphatic carbocycles. The lowest BCUT2D eigenvalue weighted by Crippen LogP contribution is -2.48. The number of morpholine rings is 1. The Labute approximate surface area is 145 Å². The molecule has 6 nitrogen and oxygen atoms in total. The van der Waals surface area contributed by atoms with Crippen molar-refractivity contribution >= 4 is 10.2 Å². The number of piperidine rings is 1. The van der Waals surface area contributed by atoms with Crippen molar-refractivity contribution in [3.63, 3.8) is 0 Å². The molecule has 0 spiro atoms. The first-order valence-electron chi connectivity index (χ1n) is 8.78. The molecule has 1 atom stereocenters. The molecule has 2 saturated heterocycles. The molecular formula is C17H27N3O3S. The second-order valence-corrected chi connectivity index (χ2v) is 8.14. The summed E-state index contributed by atoms with van der Waals surface area (Å²) in [5.74, 6) is 0. The molecule has 0 saturated carbocycles. The van der Waals surface area contributed by atoms with Crippen molar-refractivity contribution in [3.05, 3.63) is 35.9 Å². The van der Waals surface area contributed by atoms with E-state index in [-0.39, 0.29) is 6.04 Å². The zero-order valence-corrected chi connectivity index (χ0v) is 14.9. The van der Waals surface area contributed by atoms with E-state index in [0.717, 1.165) is 37.9 Å². The van der Waals surface area contributed by atoms with Crippen LogP contribution in [0.25, 0.3) is 0 Å². The highest BCUT2D eigenvalue weighted by Crippen LogP contribution is 2.22. The SMILES string of the molecule is O=S(=O)(NCC(c1ccccc1)N1CCOCC1)N1CCCCC1. The molecule has 2 aliphatic heterocycles. The van der Waals surface area contributed by atoms with Crippen LogP contribution in [0, 0.1) is 0 Å². The molecule has 0 bridgehead atoms. The molecule has 2 heterocycles. The van der Waals surface area contributed by atoms with Gasteiger partial charge < -0.3 is 4.74 Å². The minimum Gasteiger partial charge on any atom is -0.379 e. The molecule has 1 aromatic carbocycles. The Hall–Kier alpha value is -0.990. The monoisotopic (exact) mass is 353 g/mol. The maximum atomic E-state index is 12.6. The van der Waals surface area contributed by atoms with E-state index in [9.17, 15) is 8.42 Å². The van der Waals surface area contributed by atoms with Crippen LogP contribution in [0.5, 0.6) is 0 Å². The number of nitrogens with one attached hydrogen (secondary N) is 1. The van der Waals surface area contributed by atoms with Gasteiger partial charge in [0.15, 0.2) is 0 Å². The van der Waals surface area contributed by atoms with Gasteiger partial charge >= 0.3 is 0 Å². The molecule has 1 aromatic rings. The number of benzene rings is 1. The van der Waals surface area contributed by atoms with Crippen molar-refractivity contribution in [2.45, 2.75) is 25.3 Å².